The van der Waals surface area contributed by atoms with Crippen LogP contribution in [0, 0.1) is 0 Å². The number of benzene rings is 1. The zero-order chi connectivity index (χ0) is 18.7. The van der Waals surface area contributed by atoms with Crippen LogP contribution in [-0.4, -0.2) is 45.4 Å². The Bertz CT molecular complexity index is 693. The molecule has 1 saturated heterocycles. The maximum atomic E-state index is 12.4. The summed E-state index contributed by atoms with van der Waals surface area (Å²) in [5, 5.41) is 2.65. The van der Waals surface area contributed by atoms with Crippen LogP contribution in [0.4, 0.5) is 0 Å². The van der Waals surface area contributed by atoms with Crippen LogP contribution in [0.25, 0.3) is 0 Å². The van der Waals surface area contributed by atoms with E-state index in [1.165, 1.54) is 0 Å². The molecule has 0 aromatic heterocycles. The van der Waals surface area contributed by atoms with Gasteiger partial charge in [0.05, 0.1) is 16.8 Å². The van der Waals surface area contributed by atoms with E-state index in [0.29, 0.717) is 13.0 Å². The fraction of sp³-hybridized carbons (Fsp3) is 0.611. The van der Waals surface area contributed by atoms with E-state index >= 15 is 0 Å². The minimum absolute atomic E-state index is 0.0288. The van der Waals surface area contributed by atoms with Crippen LogP contribution in [0.2, 0.25) is 0 Å². The van der Waals surface area contributed by atoms with Crippen LogP contribution < -0.4 is 11.1 Å². The first kappa shape index (κ1) is 19.9. The van der Waals surface area contributed by atoms with E-state index in [4.69, 9.17) is 10.5 Å². The predicted molar refractivity (Wildman–Crippen MR) is 97.2 cm³/mol. The van der Waals surface area contributed by atoms with E-state index in [1.54, 1.807) is 12.1 Å². The minimum Gasteiger partial charge on any atom is -0.364 e. The second-order valence-corrected chi connectivity index (χ2v) is 9.55. The Labute approximate surface area is 150 Å². The Balaban J connectivity index is 1.88. The SMILES string of the molecule is CC(C)(C)c1ccc(S(=O)(=O)CCNC(=O)[C@@H]2CC[C@H](CN)O2)cc1. The summed E-state index contributed by atoms with van der Waals surface area (Å²) in [5.74, 6) is -0.407. The number of carbonyl (C=O) groups excluding carboxylic acids is 1. The minimum atomic E-state index is -3.43. The average Bonchev–Trinajstić information content (AvgIpc) is 3.03. The normalized spacial score (nSPS) is 21.3. The molecule has 0 aliphatic carbocycles. The molecule has 1 aliphatic rings. The molecule has 1 aromatic carbocycles. The van der Waals surface area contributed by atoms with Crippen molar-refractivity contribution in [2.75, 3.05) is 18.8 Å². The van der Waals surface area contributed by atoms with Crippen molar-refractivity contribution in [1.82, 2.24) is 5.32 Å². The van der Waals surface area contributed by atoms with E-state index in [-0.39, 0.29) is 34.6 Å². The van der Waals surface area contributed by atoms with Crippen LogP contribution in [0.15, 0.2) is 29.2 Å². The number of amides is 1. The lowest BCUT2D eigenvalue weighted by Crippen LogP contribution is -2.37. The Hall–Kier alpha value is -1.44. The maximum absolute atomic E-state index is 12.4. The van der Waals surface area contributed by atoms with E-state index in [1.807, 2.05) is 12.1 Å². The van der Waals surface area contributed by atoms with Crippen molar-refractivity contribution in [3.63, 3.8) is 0 Å². The first-order valence-corrected chi connectivity index (χ1v) is 10.3. The van der Waals surface area contributed by atoms with E-state index in [0.717, 1.165) is 12.0 Å². The molecule has 6 nitrogen and oxygen atoms in total. The average molecular weight is 368 g/mol. The molecule has 0 bridgehead atoms. The van der Waals surface area contributed by atoms with Crippen LogP contribution in [-0.2, 0) is 24.8 Å². The maximum Gasteiger partial charge on any atom is 0.249 e. The van der Waals surface area contributed by atoms with Crippen molar-refractivity contribution in [2.24, 2.45) is 5.73 Å². The van der Waals surface area contributed by atoms with E-state index < -0.39 is 15.9 Å². The summed E-state index contributed by atoms with van der Waals surface area (Å²) in [6.45, 7) is 6.68. The highest BCUT2D eigenvalue weighted by atomic mass is 32.2. The molecule has 140 valence electrons. The summed E-state index contributed by atoms with van der Waals surface area (Å²) >= 11 is 0. The van der Waals surface area contributed by atoms with Gasteiger partial charge >= 0.3 is 0 Å². The molecule has 3 N–H and O–H groups in total. The van der Waals surface area contributed by atoms with Crippen molar-refractivity contribution < 1.29 is 17.9 Å². The molecule has 1 fully saturated rings. The van der Waals surface area contributed by atoms with Gasteiger partial charge in [0.1, 0.15) is 6.10 Å². The van der Waals surface area contributed by atoms with Crippen molar-refractivity contribution in [1.29, 1.82) is 0 Å². The summed E-state index contributed by atoms with van der Waals surface area (Å²) in [6.07, 6.45) is 0.769. The molecule has 1 aliphatic heterocycles. The molecule has 2 rings (SSSR count). The Morgan fingerprint density at radius 2 is 1.88 bits per heavy atom. The Morgan fingerprint density at radius 3 is 2.40 bits per heavy atom. The van der Waals surface area contributed by atoms with E-state index in [2.05, 4.69) is 26.1 Å². The lowest BCUT2D eigenvalue weighted by atomic mass is 9.87. The molecule has 1 aromatic rings. The first-order valence-electron chi connectivity index (χ1n) is 8.60. The molecule has 2 atom stereocenters. The van der Waals surface area contributed by atoms with Crippen molar-refractivity contribution >= 4 is 15.7 Å². The summed E-state index contributed by atoms with van der Waals surface area (Å²) in [4.78, 5) is 12.3. The zero-order valence-electron chi connectivity index (χ0n) is 15.1. The molecule has 0 unspecified atom stereocenters. The molecule has 1 amide bonds. The fourth-order valence-electron chi connectivity index (χ4n) is 2.77. The molecular formula is C18H28N2O4S. The van der Waals surface area contributed by atoms with E-state index in [9.17, 15) is 13.2 Å². The van der Waals surface area contributed by atoms with Crippen molar-refractivity contribution in [3.8, 4) is 0 Å². The zero-order valence-corrected chi connectivity index (χ0v) is 15.9. The summed E-state index contributed by atoms with van der Waals surface area (Å²) in [5.41, 5.74) is 6.57. The topological polar surface area (TPSA) is 98.5 Å². The first-order chi connectivity index (χ1) is 11.6. The molecular weight excluding hydrogens is 340 g/mol. The molecule has 0 radical (unpaired) electrons. The van der Waals surface area contributed by atoms with Gasteiger partial charge in [-0.25, -0.2) is 8.42 Å². The number of nitrogens with two attached hydrogens (primary N) is 1. The Morgan fingerprint density at radius 1 is 1.24 bits per heavy atom. The van der Waals surface area contributed by atoms with Gasteiger partial charge < -0.3 is 15.8 Å². The monoisotopic (exact) mass is 368 g/mol. The van der Waals surface area contributed by atoms with Crippen molar-refractivity contribution in [2.45, 2.75) is 56.1 Å². The Kier molecular flexibility index (Phi) is 6.24. The van der Waals surface area contributed by atoms with Gasteiger partial charge in [0.25, 0.3) is 0 Å². The summed E-state index contributed by atoms with van der Waals surface area (Å²) in [7, 11) is -3.43. The number of ether oxygens (including phenoxy) is 1. The standard InChI is InChI=1S/C18H28N2O4S/c1-18(2,3)13-4-7-15(8-5-13)25(22,23)11-10-20-17(21)16-9-6-14(12-19)24-16/h4-5,7-8,14,16H,6,9-12,19H2,1-3H3,(H,20,21)/t14-,16+/m1/s1. The van der Waals surface area contributed by atoms with Crippen LogP contribution in [0.5, 0.6) is 0 Å². The third-order valence-electron chi connectivity index (χ3n) is 4.41. The smallest absolute Gasteiger partial charge is 0.249 e. The van der Waals surface area contributed by atoms with Gasteiger partial charge in [-0.1, -0.05) is 32.9 Å². The second-order valence-electron chi connectivity index (χ2n) is 7.44. The lowest BCUT2D eigenvalue weighted by molar-refractivity contribution is -0.131. The predicted octanol–water partition coefficient (Wildman–Crippen LogP) is 1.38. The van der Waals surface area contributed by atoms with Gasteiger partial charge in [0.2, 0.25) is 5.91 Å². The highest BCUT2D eigenvalue weighted by molar-refractivity contribution is 7.91. The number of hydrogen-bond acceptors (Lipinski definition) is 5. The van der Waals surface area contributed by atoms with Crippen LogP contribution >= 0.6 is 0 Å². The quantitative estimate of drug-likeness (QED) is 0.790. The van der Waals surface area contributed by atoms with Crippen LogP contribution in [0.1, 0.15) is 39.2 Å². The van der Waals surface area contributed by atoms with Gasteiger partial charge in [-0.05, 0) is 36.0 Å². The number of carbonyl (C=O) groups is 1. The van der Waals surface area contributed by atoms with Gasteiger partial charge in [0.15, 0.2) is 9.84 Å². The fourth-order valence-corrected chi connectivity index (χ4v) is 3.93. The molecule has 0 spiro atoms. The molecule has 1 heterocycles. The highest BCUT2D eigenvalue weighted by Gasteiger charge is 2.29. The lowest BCUT2D eigenvalue weighted by Gasteiger charge is -2.19. The third-order valence-corrected chi connectivity index (χ3v) is 6.14. The second kappa shape index (κ2) is 7.85. The summed E-state index contributed by atoms with van der Waals surface area (Å²) in [6, 6.07) is 6.93. The van der Waals surface area contributed by atoms with Gasteiger partial charge in [-0.15, -0.1) is 0 Å². The van der Waals surface area contributed by atoms with Gasteiger partial charge in [-0.2, -0.15) is 0 Å². The number of rotatable bonds is 6. The summed E-state index contributed by atoms with van der Waals surface area (Å²) < 4.78 is 30.3. The highest BCUT2D eigenvalue weighted by Crippen LogP contribution is 2.23. The molecule has 25 heavy (non-hydrogen) atoms. The molecule has 7 heteroatoms. The molecule has 0 saturated carbocycles. The number of nitrogens with one attached hydrogen (secondary N) is 1. The largest absolute Gasteiger partial charge is 0.364 e. The van der Waals surface area contributed by atoms with Crippen LogP contribution in [0.3, 0.4) is 0 Å². The number of sulfone groups is 1. The third kappa shape index (κ3) is 5.26. The van der Waals surface area contributed by atoms with Gasteiger partial charge in [-0.3, -0.25) is 4.79 Å². The van der Waals surface area contributed by atoms with Gasteiger partial charge in [0, 0.05) is 13.1 Å². The number of hydrogen-bond donors (Lipinski definition) is 2. The van der Waals surface area contributed by atoms with Crippen molar-refractivity contribution in [3.05, 3.63) is 29.8 Å².